The van der Waals surface area contributed by atoms with E-state index in [0.29, 0.717) is 33.8 Å². The lowest BCUT2D eigenvalue weighted by molar-refractivity contribution is 0.0734. The monoisotopic (exact) mass is 558 g/mol. The largest absolute Gasteiger partial charge is 0.508 e. The molecule has 0 atom stereocenters. The smallest absolute Gasteiger partial charge is 0.343 e. The number of hydrogen-bond donors (Lipinski definition) is 2. The molecule has 0 unspecified atom stereocenters. The van der Waals surface area contributed by atoms with Crippen LogP contribution in [0.15, 0.2) is 102 Å². The molecule has 4 aromatic carbocycles. The van der Waals surface area contributed by atoms with Gasteiger partial charge in [-0.2, -0.15) is 0 Å². The Morgan fingerprint density at radius 2 is 1.50 bits per heavy atom. The van der Waals surface area contributed by atoms with Crippen LogP contribution in [-0.2, 0) is 0 Å². The summed E-state index contributed by atoms with van der Waals surface area (Å²) in [5.41, 5.74) is 4.91. The van der Waals surface area contributed by atoms with Gasteiger partial charge in [-0.1, -0.05) is 43.0 Å². The molecule has 0 saturated heterocycles. The molecule has 1 aromatic heterocycles. The average molecular weight is 559 g/mol. The Balaban J connectivity index is 1.59. The Morgan fingerprint density at radius 3 is 2.19 bits per heavy atom. The number of methoxy groups -OCH3 is 1. The Labute approximate surface area is 244 Å². The second-order valence-corrected chi connectivity index (χ2v) is 9.65. The summed E-state index contributed by atoms with van der Waals surface area (Å²) in [5, 5.41) is 21.6. The van der Waals surface area contributed by atoms with Crippen LogP contribution in [-0.4, -0.2) is 23.3 Å². The minimum atomic E-state index is -0.595. The number of aromatic hydroxyl groups is 2. The molecule has 1 heterocycles. The van der Waals surface area contributed by atoms with E-state index >= 15 is 0 Å². The Morgan fingerprint density at radius 1 is 0.810 bits per heavy atom. The van der Waals surface area contributed by atoms with Crippen molar-refractivity contribution >= 4 is 34.7 Å². The number of fused-ring (bicyclic) bond motifs is 1. The molecule has 0 radical (unpaired) electrons. The van der Waals surface area contributed by atoms with Crippen molar-refractivity contribution < 1.29 is 28.9 Å². The number of ether oxygens (including phenoxy) is 2. The second kappa shape index (κ2) is 11.9. The molecule has 0 spiro atoms. The second-order valence-electron chi connectivity index (χ2n) is 9.65. The highest BCUT2D eigenvalue weighted by Gasteiger charge is 2.21. The van der Waals surface area contributed by atoms with Gasteiger partial charge in [0.25, 0.3) is 0 Å². The lowest BCUT2D eigenvalue weighted by Gasteiger charge is -2.17. The fourth-order valence-corrected chi connectivity index (χ4v) is 4.73. The van der Waals surface area contributed by atoms with Crippen molar-refractivity contribution in [2.24, 2.45) is 0 Å². The third-order valence-corrected chi connectivity index (χ3v) is 6.80. The van der Waals surface area contributed by atoms with E-state index in [-0.39, 0.29) is 22.8 Å². The van der Waals surface area contributed by atoms with E-state index in [2.05, 4.69) is 6.58 Å². The predicted molar refractivity (Wildman–Crippen MR) is 167 cm³/mol. The summed E-state index contributed by atoms with van der Waals surface area (Å²) >= 11 is 0. The minimum Gasteiger partial charge on any atom is -0.508 e. The maximum Gasteiger partial charge on any atom is 0.343 e. The first kappa shape index (κ1) is 28.1. The molecule has 210 valence electrons. The van der Waals surface area contributed by atoms with Gasteiger partial charge in [-0.25, -0.2) is 4.79 Å². The van der Waals surface area contributed by atoms with Crippen molar-refractivity contribution in [2.45, 2.75) is 13.8 Å². The molecule has 2 N–H and O–H groups in total. The number of rotatable bonds is 8. The highest BCUT2D eigenvalue weighted by molar-refractivity contribution is 5.94. The highest BCUT2D eigenvalue weighted by atomic mass is 16.5. The van der Waals surface area contributed by atoms with Gasteiger partial charge >= 0.3 is 5.97 Å². The SMILES string of the molecule is C=C(c1cc(-c2cc3cc(C=CC)ccc3o2)c(OC)cc1O)c1cc(C=CC)ccc1OC(=O)c1ccc(O)cc1. The molecule has 6 heteroatoms. The van der Waals surface area contributed by atoms with Gasteiger partial charge in [-0.3, -0.25) is 0 Å². The molecule has 0 amide bonds. The van der Waals surface area contributed by atoms with Gasteiger partial charge in [0.15, 0.2) is 0 Å². The number of hydrogen-bond acceptors (Lipinski definition) is 6. The Hall–Kier alpha value is -5.49. The Bertz CT molecular complexity index is 1850. The number of carbonyl (C=O) groups is 1. The van der Waals surface area contributed by atoms with Crippen LogP contribution in [0, 0.1) is 0 Å². The number of phenols is 2. The standard InChI is InChI=1S/C36H30O6/c1-5-7-23-9-15-32-26(17-23)19-35(41-32)30-20-28(31(38)21-34(30)40-4)22(3)29-18-24(8-6-2)10-16-33(29)42-36(39)25-11-13-27(37)14-12-25/h5-21,37-38H,3H2,1-2,4H3. The molecule has 0 saturated carbocycles. The van der Waals surface area contributed by atoms with Gasteiger partial charge in [0.05, 0.1) is 18.2 Å². The van der Waals surface area contributed by atoms with Crippen molar-refractivity contribution in [3.8, 4) is 34.3 Å². The van der Waals surface area contributed by atoms with Crippen LogP contribution in [0.5, 0.6) is 23.0 Å². The molecule has 5 aromatic rings. The van der Waals surface area contributed by atoms with Crippen molar-refractivity contribution in [1.82, 2.24) is 0 Å². The summed E-state index contributed by atoms with van der Waals surface area (Å²) in [4.78, 5) is 13.0. The fraction of sp³-hybridized carbons (Fsp3) is 0.0833. The maximum atomic E-state index is 13.0. The summed E-state index contributed by atoms with van der Waals surface area (Å²) in [5.74, 6) is 0.656. The van der Waals surface area contributed by atoms with Crippen LogP contribution in [0.4, 0.5) is 0 Å². The summed E-state index contributed by atoms with van der Waals surface area (Å²) in [6.07, 6.45) is 7.81. The summed E-state index contributed by atoms with van der Waals surface area (Å²) < 4.78 is 17.6. The third kappa shape index (κ3) is 5.69. The van der Waals surface area contributed by atoms with Crippen LogP contribution in [0.25, 0.3) is 40.0 Å². The number of allylic oxidation sites excluding steroid dienone is 2. The van der Waals surface area contributed by atoms with Crippen LogP contribution in [0.2, 0.25) is 0 Å². The van der Waals surface area contributed by atoms with E-state index in [1.165, 1.54) is 37.4 Å². The zero-order valence-corrected chi connectivity index (χ0v) is 23.5. The normalized spacial score (nSPS) is 11.4. The minimum absolute atomic E-state index is 0.0461. The molecule has 6 nitrogen and oxygen atoms in total. The summed E-state index contributed by atoms with van der Waals surface area (Å²) in [7, 11) is 1.53. The predicted octanol–water partition coefficient (Wildman–Crippen LogP) is 8.87. The van der Waals surface area contributed by atoms with E-state index in [0.717, 1.165) is 22.1 Å². The van der Waals surface area contributed by atoms with Crippen molar-refractivity contribution in [3.63, 3.8) is 0 Å². The quantitative estimate of drug-likeness (QED) is 0.146. The van der Waals surface area contributed by atoms with Gasteiger partial charge < -0.3 is 24.1 Å². The van der Waals surface area contributed by atoms with Crippen LogP contribution in [0.3, 0.4) is 0 Å². The van der Waals surface area contributed by atoms with E-state index in [4.69, 9.17) is 13.9 Å². The van der Waals surface area contributed by atoms with Crippen LogP contribution in [0.1, 0.15) is 46.5 Å². The topological polar surface area (TPSA) is 89.1 Å². The van der Waals surface area contributed by atoms with Crippen LogP contribution < -0.4 is 9.47 Å². The van der Waals surface area contributed by atoms with Crippen molar-refractivity contribution in [1.29, 1.82) is 0 Å². The van der Waals surface area contributed by atoms with Crippen molar-refractivity contribution in [2.75, 3.05) is 7.11 Å². The first-order chi connectivity index (χ1) is 20.3. The molecule has 0 aliphatic rings. The molecule has 5 rings (SSSR count). The number of esters is 1. The van der Waals surface area contributed by atoms with E-state index in [9.17, 15) is 15.0 Å². The highest BCUT2D eigenvalue weighted by Crippen LogP contribution is 2.43. The van der Waals surface area contributed by atoms with Crippen molar-refractivity contribution in [3.05, 3.63) is 125 Å². The van der Waals surface area contributed by atoms with Gasteiger partial charge in [0, 0.05) is 22.6 Å². The van der Waals surface area contributed by atoms with Gasteiger partial charge in [-0.05, 0) is 91.2 Å². The molecule has 0 fully saturated rings. The zero-order valence-electron chi connectivity index (χ0n) is 23.5. The maximum absolute atomic E-state index is 13.0. The number of furan rings is 1. The molecule has 0 bridgehead atoms. The fourth-order valence-electron chi connectivity index (χ4n) is 4.73. The van der Waals surface area contributed by atoms with Gasteiger partial charge in [0.2, 0.25) is 0 Å². The first-order valence-electron chi connectivity index (χ1n) is 13.4. The van der Waals surface area contributed by atoms with E-state index in [1.54, 1.807) is 12.1 Å². The molecule has 0 aliphatic carbocycles. The molecule has 0 aliphatic heterocycles. The first-order valence-corrected chi connectivity index (χ1v) is 13.4. The van der Waals surface area contributed by atoms with E-state index in [1.807, 2.05) is 74.5 Å². The summed E-state index contributed by atoms with van der Waals surface area (Å²) in [6.45, 7) is 8.16. The lowest BCUT2D eigenvalue weighted by Crippen LogP contribution is -2.10. The number of phenolic OH excluding ortho intramolecular Hbond substituents is 2. The Kier molecular flexibility index (Phi) is 7.98. The van der Waals surface area contributed by atoms with E-state index < -0.39 is 5.97 Å². The lowest BCUT2D eigenvalue weighted by atomic mass is 9.94. The molecular formula is C36H30O6. The zero-order chi connectivity index (χ0) is 29.8. The average Bonchev–Trinajstić information content (AvgIpc) is 3.41. The van der Waals surface area contributed by atoms with Gasteiger partial charge in [-0.15, -0.1) is 0 Å². The number of benzene rings is 4. The molecule has 42 heavy (non-hydrogen) atoms. The van der Waals surface area contributed by atoms with Gasteiger partial charge in [0.1, 0.15) is 34.3 Å². The van der Waals surface area contributed by atoms with Crippen LogP contribution >= 0.6 is 0 Å². The number of carbonyl (C=O) groups excluding carboxylic acids is 1. The third-order valence-electron chi connectivity index (χ3n) is 6.80. The summed E-state index contributed by atoms with van der Waals surface area (Å²) in [6, 6.07) is 22.3. The molecular weight excluding hydrogens is 528 g/mol.